The van der Waals surface area contributed by atoms with Crippen LogP contribution in [0.5, 0.6) is 5.75 Å². The van der Waals surface area contributed by atoms with Gasteiger partial charge in [0.25, 0.3) is 5.91 Å². The Labute approximate surface area is 167 Å². The first-order chi connectivity index (χ1) is 13.5. The minimum absolute atomic E-state index is 0.0250. The van der Waals surface area contributed by atoms with E-state index in [1.807, 2.05) is 24.3 Å². The van der Waals surface area contributed by atoms with Crippen molar-refractivity contribution in [3.8, 4) is 5.75 Å². The molecule has 2 aromatic carbocycles. The number of rotatable bonds is 7. The molecule has 28 heavy (non-hydrogen) atoms. The maximum Gasteiger partial charge on any atom is 0.252 e. The largest absolute Gasteiger partial charge is 0.497 e. The molecular formula is C21H19ClFN3O2. The number of carbonyl (C=O) groups excluding carboxylic acids is 1. The summed E-state index contributed by atoms with van der Waals surface area (Å²) in [5, 5.41) is 5.90. The lowest BCUT2D eigenvalue weighted by Crippen LogP contribution is -2.25. The molecule has 0 aliphatic rings. The summed E-state index contributed by atoms with van der Waals surface area (Å²) in [6.07, 6.45) is 2.18. The molecule has 7 heteroatoms. The number of amides is 1. The second-order valence-corrected chi connectivity index (χ2v) is 6.45. The normalized spacial score (nSPS) is 10.4. The van der Waals surface area contributed by atoms with E-state index in [2.05, 4.69) is 15.6 Å². The SMILES string of the molecule is COc1cccc(CCNC(=O)c2ccc(Nc3ccc(F)c(Cl)c3)nc2)c1. The quantitative estimate of drug-likeness (QED) is 0.609. The van der Waals surface area contributed by atoms with Crippen molar-refractivity contribution in [3.05, 3.63) is 82.8 Å². The van der Waals surface area contributed by atoms with E-state index in [0.29, 0.717) is 30.0 Å². The predicted octanol–water partition coefficient (Wildman–Crippen LogP) is 4.60. The van der Waals surface area contributed by atoms with Crippen LogP contribution in [-0.4, -0.2) is 24.5 Å². The molecule has 0 aliphatic carbocycles. The number of benzene rings is 2. The Kier molecular flexibility index (Phi) is 6.45. The van der Waals surface area contributed by atoms with Gasteiger partial charge in [-0.05, 0) is 54.4 Å². The molecule has 0 saturated carbocycles. The second kappa shape index (κ2) is 9.19. The van der Waals surface area contributed by atoms with E-state index in [9.17, 15) is 9.18 Å². The molecule has 0 unspecified atom stereocenters. The van der Waals surface area contributed by atoms with E-state index in [-0.39, 0.29) is 10.9 Å². The maximum absolute atomic E-state index is 13.2. The van der Waals surface area contributed by atoms with Gasteiger partial charge in [-0.1, -0.05) is 23.7 Å². The lowest BCUT2D eigenvalue weighted by Gasteiger charge is -2.08. The topological polar surface area (TPSA) is 63.2 Å². The second-order valence-electron chi connectivity index (χ2n) is 6.04. The minimum Gasteiger partial charge on any atom is -0.497 e. The smallest absolute Gasteiger partial charge is 0.252 e. The third-order valence-corrected chi connectivity index (χ3v) is 4.34. The molecule has 0 radical (unpaired) electrons. The monoisotopic (exact) mass is 399 g/mol. The average molecular weight is 400 g/mol. The number of nitrogens with one attached hydrogen (secondary N) is 2. The van der Waals surface area contributed by atoms with Crippen LogP contribution in [0.15, 0.2) is 60.8 Å². The molecule has 0 aliphatic heterocycles. The first-order valence-electron chi connectivity index (χ1n) is 8.64. The minimum atomic E-state index is -0.485. The van der Waals surface area contributed by atoms with Crippen molar-refractivity contribution in [2.24, 2.45) is 0 Å². The number of halogens is 2. The molecule has 1 aromatic heterocycles. The van der Waals surface area contributed by atoms with Crippen LogP contribution in [0.3, 0.4) is 0 Å². The third kappa shape index (κ3) is 5.20. The molecule has 1 heterocycles. The average Bonchev–Trinajstić information content (AvgIpc) is 2.71. The molecule has 0 saturated heterocycles. The van der Waals surface area contributed by atoms with E-state index in [4.69, 9.17) is 16.3 Å². The van der Waals surface area contributed by atoms with Crippen LogP contribution in [0.1, 0.15) is 15.9 Å². The van der Waals surface area contributed by atoms with Gasteiger partial charge >= 0.3 is 0 Å². The molecule has 144 valence electrons. The zero-order chi connectivity index (χ0) is 19.9. The molecule has 3 aromatic rings. The molecule has 0 bridgehead atoms. The molecule has 0 atom stereocenters. The Hall–Kier alpha value is -3.12. The van der Waals surface area contributed by atoms with Gasteiger partial charge in [0.1, 0.15) is 17.4 Å². The summed E-state index contributed by atoms with van der Waals surface area (Å²) in [5.74, 6) is 0.627. The number of nitrogens with zero attached hydrogens (tertiary/aromatic N) is 1. The Morgan fingerprint density at radius 2 is 2.04 bits per heavy atom. The highest BCUT2D eigenvalue weighted by Crippen LogP contribution is 2.22. The summed E-state index contributed by atoms with van der Waals surface area (Å²) in [6, 6.07) is 15.4. The van der Waals surface area contributed by atoms with Gasteiger partial charge < -0.3 is 15.4 Å². The molecule has 1 amide bonds. The van der Waals surface area contributed by atoms with E-state index < -0.39 is 5.82 Å². The highest BCUT2D eigenvalue weighted by atomic mass is 35.5. The lowest BCUT2D eigenvalue weighted by molar-refractivity contribution is 0.0954. The number of carbonyl (C=O) groups is 1. The van der Waals surface area contributed by atoms with Crippen LogP contribution in [0.25, 0.3) is 0 Å². The fraction of sp³-hybridized carbons (Fsp3) is 0.143. The highest BCUT2D eigenvalue weighted by Gasteiger charge is 2.07. The summed E-state index contributed by atoms with van der Waals surface area (Å²) in [4.78, 5) is 16.5. The van der Waals surface area contributed by atoms with Crippen molar-refractivity contribution in [3.63, 3.8) is 0 Å². The van der Waals surface area contributed by atoms with Crippen LogP contribution in [0.2, 0.25) is 5.02 Å². The fourth-order valence-electron chi connectivity index (χ4n) is 2.57. The first-order valence-corrected chi connectivity index (χ1v) is 9.02. The molecule has 0 spiro atoms. The number of anilines is 2. The molecule has 2 N–H and O–H groups in total. The summed E-state index contributed by atoms with van der Waals surface area (Å²) < 4.78 is 18.4. The van der Waals surface area contributed by atoms with Gasteiger partial charge in [0.15, 0.2) is 0 Å². The van der Waals surface area contributed by atoms with Gasteiger partial charge in [-0.15, -0.1) is 0 Å². The fourth-order valence-corrected chi connectivity index (χ4v) is 2.75. The molecule has 5 nitrogen and oxygen atoms in total. The Balaban J connectivity index is 1.53. The third-order valence-electron chi connectivity index (χ3n) is 4.05. The van der Waals surface area contributed by atoms with Crippen molar-refractivity contribution in [1.82, 2.24) is 10.3 Å². The number of hydrogen-bond donors (Lipinski definition) is 2. The van der Waals surface area contributed by atoms with Gasteiger partial charge in [0.05, 0.1) is 17.7 Å². The van der Waals surface area contributed by atoms with Crippen LogP contribution in [0, 0.1) is 5.82 Å². The van der Waals surface area contributed by atoms with Gasteiger partial charge in [-0.3, -0.25) is 4.79 Å². The Bertz CT molecular complexity index is 964. The standard InChI is InChI=1S/C21H19ClFN3O2/c1-28-17-4-2-3-14(11-17)9-10-24-21(27)15-5-8-20(25-13-15)26-16-6-7-19(23)18(22)12-16/h2-8,11-13H,9-10H2,1H3,(H,24,27)(H,25,26). The van der Waals surface area contributed by atoms with E-state index in [1.165, 1.54) is 18.3 Å². The molecule has 0 fully saturated rings. The number of methoxy groups -OCH3 is 1. The van der Waals surface area contributed by atoms with Crippen molar-refractivity contribution in [2.75, 3.05) is 19.0 Å². The zero-order valence-electron chi connectivity index (χ0n) is 15.2. The molecule has 3 rings (SSSR count). The summed E-state index contributed by atoms with van der Waals surface area (Å²) in [6.45, 7) is 0.500. The van der Waals surface area contributed by atoms with Crippen LogP contribution < -0.4 is 15.4 Å². The van der Waals surface area contributed by atoms with Crippen LogP contribution >= 0.6 is 11.6 Å². The Morgan fingerprint density at radius 3 is 2.75 bits per heavy atom. The number of hydrogen-bond acceptors (Lipinski definition) is 4. The predicted molar refractivity (Wildman–Crippen MR) is 108 cm³/mol. The molecular weight excluding hydrogens is 381 g/mol. The van der Waals surface area contributed by atoms with Gasteiger partial charge in [-0.2, -0.15) is 0 Å². The summed E-state index contributed by atoms with van der Waals surface area (Å²) in [5.41, 5.74) is 2.14. The summed E-state index contributed by atoms with van der Waals surface area (Å²) >= 11 is 5.76. The van der Waals surface area contributed by atoms with E-state index in [0.717, 1.165) is 11.3 Å². The van der Waals surface area contributed by atoms with E-state index >= 15 is 0 Å². The Morgan fingerprint density at radius 1 is 1.18 bits per heavy atom. The van der Waals surface area contributed by atoms with Crippen molar-refractivity contribution < 1.29 is 13.9 Å². The van der Waals surface area contributed by atoms with E-state index in [1.54, 1.807) is 25.3 Å². The van der Waals surface area contributed by atoms with Crippen LogP contribution in [0.4, 0.5) is 15.9 Å². The summed E-state index contributed by atoms with van der Waals surface area (Å²) in [7, 11) is 1.62. The van der Waals surface area contributed by atoms with Crippen molar-refractivity contribution in [2.45, 2.75) is 6.42 Å². The van der Waals surface area contributed by atoms with Gasteiger partial charge in [0.2, 0.25) is 0 Å². The zero-order valence-corrected chi connectivity index (χ0v) is 16.0. The van der Waals surface area contributed by atoms with Crippen molar-refractivity contribution >= 4 is 29.0 Å². The maximum atomic E-state index is 13.2. The van der Waals surface area contributed by atoms with Gasteiger partial charge in [0, 0.05) is 18.4 Å². The number of ether oxygens (including phenoxy) is 1. The first kappa shape index (κ1) is 19.6. The van der Waals surface area contributed by atoms with Gasteiger partial charge in [-0.25, -0.2) is 9.37 Å². The van der Waals surface area contributed by atoms with Crippen molar-refractivity contribution in [1.29, 1.82) is 0 Å². The number of pyridine rings is 1. The highest BCUT2D eigenvalue weighted by molar-refractivity contribution is 6.31. The van der Waals surface area contributed by atoms with Crippen LogP contribution in [-0.2, 0) is 6.42 Å². The lowest BCUT2D eigenvalue weighted by atomic mass is 10.1. The number of aromatic nitrogens is 1.